The van der Waals surface area contributed by atoms with Crippen molar-refractivity contribution in [3.05, 3.63) is 29.5 Å². The molecule has 0 radical (unpaired) electrons. The van der Waals surface area contributed by atoms with Gasteiger partial charge in [0.15, 0.2) is 0 Å². The van der Waals surface area contributed by atoms with E-state index in [4.69, 9.17) is 14.9 Å². The van der Waals surface area contributed by atoms with Crippen LogP contribution in [0.2, 0.25) is 0 Å². The summed E-state index contributed by atoms with van der Waals surface area (Å²) in [5, 5.41) is 0.549. The molecular weight excluding hydrogens is 332 g/mol. The smallest absolute Gasteiger partial charge is 0.374 e. The number of rotatable bonds is 6. The van der Waals surface area contributed by atoms with E-state index >= 15 is 0 Å². The minimum absolute atomic E-state index is 0.0810. The lowest BCUT2D eigenvalue weighted by Gasteiger charge is -2.18. The summed E-state index contributed by atoms with van der Waals surface area (Å²) in [5.74, 6) is -0.490. The maximum atomic E-state index is 12.4. The van der Waals surface area contributed by atoms with Crippen LogP contribution in [0.25, 0.3) is 11.0 Å². The molecule has 0 saturated heterocycles. The average Bonchev–Trinajstić information content (AvgIpc) is 2.82. The third kappa shape index (κ3) is 3.95. The van der Waals surface area contributed by atoms with Gasteiger partial charge in [0, 0.05) is 23.0 Å². The van der Waals surface area contributed by atoms with E-state index in [1.807, 2.05) is 0 Å². The van der Waals surface area contributed by atoms with Crippen LogP contribution in [-0.4, -0.2) is 33.1 Å². The molecule has 0 bridgehead atoms. The highest BCUT2D eigenvalue weighted by atomic mass is 32.2. The number of hydrogen-bond acceptors (Lipinski definition) is 6. The number of nitrogens with two attached hydrogens (primary N) is 1. The van der Waals surface area contributed by atoms with Crippen molar-refractivity contribution in [2.24, 2.45) is 5.73 Å². The monoisotopic (exact) mass is 354 g/mol. The number of carbonyl (C=O) groups excluding carboxylic acids is 1. The second-order valence-corrected chi connectivity index (χ2v) is 8.01. The first kappa shape index (κ1) is 18.4. The predicted octanol–water partition coefficient (Wildman–Crippen LogP) is 1.93. The molecule has 7 nitrogen and oxygen atoms in total. The topological polar surface area (TPSA) is 112 Å². The molecule has 2 aromatic rings. The molecule has 24 heavy (non-hydrogen) atoms. The van der Waals surface area contributed by atoms with E-state index in [2.05, 4.69) is 4.72 Å². The Kier molecular flexibility index (Phi) is 5.03. The number of ether oxygens (including phenoxy) is 1. The fraction of sp³-hybridized carbons (Fsp3) is 0.438. The van der Waals surface area contributed by atoms with E-state index in [1.165, 1.54) is 18.2 Å². The number of carbonyl (C=O) groups is 1. The summed E-state index contributed by atoms with van der Waals surface area (Å²) >= 11 is 0. The summed E-state index contributed by atoms with van der Waals surface area (Å²) in [5.41, 5.74) is 6.11. The summed E-state index contributed by atoms with van der Waals surface area (Å²) in [4.78, 5) is 12.0. The largest absolute Gasteiger partial charge is 0.460 e. The molecule has 1 aromatic carbocycles. The van der Waals surface area contributed by atoms with E-state index in [-0.39, 0.29) is 23.8 Å². The Morgan fingerprint density at radius 3 is 2.62 bits per heavy atom. The zero-order valence-electron chi connectivity index (χ0n) is 14.2. The van der Waals surface area contributed by atoms with E-state index in [0.717, 1.165) is 0 Å². The number of aryl methyl sites for hydroxylation is 1. The molecule has 1 heterocycles. The number of fused-ring (bicyclic) bond motifs is 1. The minimum Gasteiger partial charge on any atom is -0.460 e. The lowest BCUT2D eigenvalue weighted by atomic mass is 10.1. The zero-order valence-corrected chi connectivity index (χ0v) is 15.0. The molecule has 0 fully saturated rings. The van der Waals surface area contributed by atoms with Gasteiger partial charge in [-0.15, -0.1) is 0 Å². The van der Waals surface area contributed by atoms with Gasteiger partial charge < -0.3 is 14.9 Å². The summed E-state index contributed by atoms with van der Waals surface area (Å²) < 4.78 is 37.7. The maximum Gasteiger partial charge on any atom is 0.374 e. The fourth-order valence-corrected chi connectivity index (χ4v) is 3.37. The zero-order chi connectivity index (χ0) is 18.1. The quantitative estimate of drug-likeness (QED) is 0.767. The molecule has 0 atom stereocenters. The Morgan fingerprint density at radius 2 is 2.04 bits per heavy atom. The van der Waals surface area contributed by atoms with Crippen molar-refractivity contribution in [3.63, 3.8) is 0 Å². The van der Waals surface area contributed by atoms with E-state index in [1.54, 1.807) is 27.7 Å². The van der Waals surface area contributed by atoms with Gasteiger partial charge in [-0.25, -0.2) is 17.9 Å². The van der Waals surface area contributed by atoms with Crippen molar-refractivity contribution in [1.82, 2.24) is 4.72 Å². The number of esters is 1. The van der Waals surface area contributed by atoms with Crippen molar-refractivity contribution in [3.8, 4) is 0 Å². The standard InChI is InChI=1S/C16H22N2O5S/c1-5-22-15(19)14-10(2)12-8-11(6-7-13(12)23-14)24(20,21)18-9-16(3,4)17/h6-8,18H,5,9,17H2,1-4H3. The molecular formula is C16H22N2O5S. The van der Waals surface area contributed by atoms with E-state index in [9.17, 15) is 13.2 Å². The highest BCUT2D eigenvalue weighted by Gasteiger charge is 2.22. The maximum absolute atomic E-state index is 12.4. The first-order chi connectivity index (χ1) is 11.0. The molecule has 2 rings (SSSR count). The first-order valence-electron chi connectivity index (χ1n) is 7.54. The molecule has 8 heteroatoms. The van der Waals surface area contributed by atoms with Crippen molar-refractivity contribution in [2.45, 2.75) is 38.1 Å². The van der Waals surface area contributed by atoms with Gasteiger partial charge in [0.2, 0.25) is 15.8 Å². The first-order valence-corrected chi connectivity index (χ1v) is 9.02. The third-order valence-corrected chi connectivity index (χ3v) is 4.80. The van der Waals surface area contributed by atoms with Gasteiger partial charge in [-0.3, -0.25) is 0 Å². The molecule has 0 spiro atoms. The Bertz CT molecular complexity index is 862. The Balaban J connectivity index is 2.41. The van der Waals surface area contributed by atoms with Crippen LogP contribution >= 0.6 is 0 Å². The van der Waals surface area contributed by atoms with Gasteiger partial charge in [0.25, 0.3) is 0 Å². The predicted molar refractivity (Wildman–Crippen MR) is 90.4 cm³/mol. The van der Waals surface area contributed by atoms with Crippen molar-refractivity contribution in [1.29, 1.82) is 0 Å². The summed E-state index contributed by atoms with van der Waals surface area (Å²) in [6.45, 7) is 7.17. The number of benzene rings is 1. The average molecular weight is 354 g/mol. The summed E-state index contributed by atoms with van der Waals surface area (Å²) in [7, 11) is -3.71. The van der Waals surface area contributed by atoms with Gasteiger partial charge in [-0.2, -0.15) is 0 Å². The van der Waals surface area contributed by atoms with Crippen molar-refractivity contribution in [2.75, 3.05) is 13.2 Å². The van der Waals surface area contributed by atoms with Crippen LogP contribution in [0.4, 0.5) is 0 Å². The van der Waals surface area contributed by atoms with E-state index < -0.39 is 21.5 Å². The summed E-state index contributed by atoms with van der Waals surface area (Å²) in [6, 6.07) is 4.42. The number of sulfonamides is 1. The van der Waals surface area contributed by atoms with Crippen molar-refractivity contribution >= 4 is 27.0 Å². The van der Waals surface area contributed by atoms with Crippen molar-refractivity contribution < 1.29 is 22.4 Å². The van der Waals surface area contributed by atoms with Crippen LogP contribution in [0.15, 0.2) is 27.5 Å². The van der Waals surface area contributed by atoms with Crippen LogP contribution < -0.4 is 10.5 Å². The Morgan fingerprint density at radius 1 is 1.38 bits per heavy atom. The van der Waals surface area contributed by atoms with Crippen LogP contribution in [-0.2, 0) is 14.8 Å². The molecule has 0 aliphatic carbocycles. The molecule has 3 N–H and O–H groups in total. The Labute approximate surface area is 141 Å². The highest BCUT2D eigenvalue weighted by molar-refractivity contribution is 7.89. The highest BCUT2D eigenvalue weighted by Crippen LogP contribution is 2.28. The summed E-state index contributed by atoms with van der Waals surface area (Å²) in [6.07, 6.45) is 0. The number of furan rings is 1. The molecule has 0 aliphatic rings. The van der Waals surface area contributed by atoms with E-state index in [0.29, 0.717) is 16.5 Å². The van der Waals surface area contributed by atoms with Gasteiger partial charge in [-0.1, -0.05) is 0 Å². The fourth-order valence-electron chi connectivity index (χ4n) is 2.12. The van der Waals surface area contributed by atoms with Crippen LogP contribution in [0.1, 0.15) is 36.9 Å². The third-order valence-electron chi connectivity index (χ3n) is 3.40. The second-order valence-electron chi connectivity index (χ2n) is 6.25. The van der Waals surface area contributed by atoms with Crippen LogP contribution in [0, 0.1) is 6.92 Å². The number of nitrogens with one attached hydrogen (secondary N) is 1. The molecule has 0 aliphatic heterocycles. The lowest BCUT2D eigenvalue weighted by molar-refractivity contribution is 0.0491. The van der Waals surface area contributed by atoms with Crippen LogP contribution in [0.5, 0.6) is 0 Å². The molecule has 0 amide bonds. The lowest BCUT2D eigenvalue weighted by Crippen LogP contribution is -2.45. The molecule has 1 aromatic heterocycles. The van der Waals surface area contributed by atoms with Gasteiger partial charge in [-0.05, 0) is 45.9 Å². The minimum atomic E-state index is -3.71. The molecule has 0 unspecified atom stereocenters. The molecule has 0 saturated carbocycles. The second kappa shape index (κ2) is 6.54. The van der Waals surface area contributed by atoms with Gasteiger partial charge >= 0.3 is 5.97 Å². The van der Waals surface area contributed by atoms with Crippen LogP contribution in [0.3, 0.4) is 0 Å². The number of hydrogen-bond donors (Lipinski definition) is 2. The SMILES string of the molecule is CCOC(=O)c1oc2ccc(S(=O)(=O)NCC(C)(C)N)cc2c1C. The van der Waals surface area contributed by atoms with Gasteiger partial charge in [0.05, 0.1) is 11.5 Å². The molecule has 132 valence electrons. The Hall–Kier alpha value is -1.90. The van der Waals surface area contributed by atoms with Gasteiger partial charge in [0.1, 0.15) is 5.58 Å². The normalized spacial score (nSPS) is 12.5.